The second kappa shape index (κ2) is 6.34. The average molecular weight is 302 g/mol. The summed E-state index contributed by atoms with van der Waals surface area (Å²) >= 11 is 0. The zero-order valence-electron chi connectivity index (χ0n) is 12.2. The number of halogens is 1. The van der Waals surface area contributed by atoms with E-state index in [4.69, 9.17) is 0 Å². The van der Waals surface area contributed by atoms with E-state index >= 15 is 0 Å². The normalized spacial score (nSPS) is 11.8. The highest BCUT2D eigenvalue weighted by atomic mass is 19.1. The zero-order chi connectivity index (χ0) is 16.3. The number of benzene rings is 2. The van der Waals surface area contributed by atoms with E-state index in [0.29, 0.717) is 11.1 Å². The van der Waals surface area contributed by atoms with Crippen molar-refractivity contribution >= 4 is 11.6 Å². The summed E-state index contributed by atoms with van der Waals surface area (Å²) in [4.78, 5) is 22.8. The molecule has 0 bridgehead atoms. The maximum Gasteiger partial charge on any atom is 0.285 e. The molecule has 0 saturated carbocycles. The molecule has 0 unspecified atom stereocenters. The number of nitrogens with zero attached hydrogens (tertiary/aromatic N) is 1. The molecule has 0 heterocycles. The van der Waals surface area contributed by atoms with E-state index in [1.165, 1.54) is 18.2 Å². The molecule has 2 aromatic carbocycles. The predicted molar refractivity (Wildman–Crippen MR) is 80.1 cm³/mol. The van der Waals surface area contributed by atoms with E-state index in [1.54, 1.807) is 38.1 Å². The fourth-order valence-corrected chi connectivity index (χ4v) is 2.19. The topological polar surface area (TPSA) is 72.2 Å². The van der Waals surface area contributed by atoms with Crippen LogP contribution in [-0.2, 0) is 0 Å². The van der Waals surface area contributed by atoms with Crippen molar-refractivity contribution in [2.75, 3.05) is 0 Å². The summed E-state index contributed by atoms with van der Waals surface area (Å²) in [7, 11) is 0. The Morgan fingerprint density at radius 2 is 1.86 bits per heavy atom. The molecule has 5 nitrogen and oxygen atoms in total. The van der Waals surface area contributed by atoms with Crippen LogP contribution in [0.3, 0.4) is 0 Å². The Morgan fingerprint density at radius 3 is 2.45 bits per heavy atom. The van der Waals surface area contributed by atoms with Crippen molar-refractivity contribution < 1.29 is 14.1 Å². The van der Waals surface area contributed by atoms with Gasteiger partial charge >= 0.3 is 0 Å². The SMILES string of the molecule is Cc1cccc(C(=O)N[C@@H](C)c2ccc(F)cc2)c1[N+](=O)[O-]. The van der Waals surface area contributed by atoms with E-state index in [2.05, 4.69) is 5.32 Å². The number of carbonyl (C=O) groups is 1. The van der Waals surface area contributed by atoms with E-state index in [-0.39, 0.29) is 17.1 Å². The first-order valence-electron chi connectivity index (χ1n) is 6.70. The van der Waals surface area contributed by atoms with Gasteiger partial charge in [0.25, 0.3) is 11.6 Å². The quantitative estimate of drug-likeness (QED) is 0.693. The molecule has 0 aliphatic carbocycles. The summed E-state index contributed by atoms with van der Waals surface area (Å²) in [5.74, 6) is -0.899. The number of hydrogen-bond acceptors (Lipinski definition) is 3. The lowest BCUT2D eigenvalue weighted by Crippen LogP contribution is -2.27. The molecule has 22 heavy (non-hydrogen) atoms. The van der Waals surface area contributed by atoms with Crippen LogP contribution >= 0.6 is 0 Å². The highest BCUT2D eigenvalue weighted by molar-refractivity contribution is 5.98. The first-order chi connectivity index (χ1) is 10.4. The van der Waals surface area contributed by atoms with Crippen molar-refractivity contribution in [1.29, 1.82) is 0 Å². The number of amides is 1. The van der Waals surface area contributed by atoms with Crippen molar-refractivity contribution in [2.24, 2.45) is 0 Å². The summed E-state index contributed by atoms with van der Waals surface area (Å²) in [6, 6.07) is 9.92. The maximum atomic E-state index is 12.9. The second-order valence-electron chi connectivity index (χ2n) is 4.97. The van der Waals surface area contributed by atoms with Gasteiger partial charge in [0.1, 0.15) is 11.4 Å². The molecule has 114 valence electrons. The molecular formula is C16H15FN2O3. The lowest BCUT2D eigenvalue weighted by molar-refractivity contribution is -0.385. The van der Waals surface area contributed by atoms with E-state index in [9.17, 15) is 19.3 Å². The monoisotopic (exact) mass is 302 g/mol. The van der Waals surface area contributed by atoms with Gasteiger partial charge < -0.3 is 5.32 Å². The van der Waals surface area contributed by atoms with Crippen LogP contribution in [-0.4, -0.2) is 10.8 Å². The van der Waals surface area contributed by atoms with Gasteiger partial charge in [0.15, 0.2) is 0 Å². The molecule has 0 aliphatic rings. The average Bonchev–Trinajstić information content (AvgIpc) is 2.47. The Bertz CT molecular complexity index is 714. The minimum atomic E-state index is -0.563. The third-order valence-electron chi connectivity index (χ3n) is 3.38. The van der Waals surface area contributed by atoms with Gasteiger partial charge in [-0.1, -0.05) is 24.3 Å². The first kappa shape index (κ1) is 15.6. The van der Waals surface area contributed by atoms with Gasteiger partial charge in [-0.2, -0.15) is 0 Å². The lowest BCUT2D eigenvalue weighted by Gasteiger charge is -2.14. The van der Waals surface area contributed by atoms with Gasteiger partial charge in [0.05, 0.1) is 11.0 Å². The molecule has 6 heteroatoms. The molecule has 2 aromatic rings. The van der Waals surface area contributed by atoms with Crippen molar-refractivity contribution in [3.05, 3.63) is 75.1 Å². The molecule has 2 rings (SSSR count). The predicted octanol–water partition coefficient (Wildman–Crippen LogP) is 3.53. The Hall–Kier alpha value is -2.76. The number of aryl methyl sites for hydroxylation is 1. The summed E-state index contributed by atoms with van der Waals surface area (Å²) in [6.45, 7) is 3.31. The summed E-state index contributed by atoms with van der Waals surface area (Å²) in [5, 5.41) is 13.8. The molecule has 0 aromatic heterocycles. The highest BCUT2D eigenvalue weighted by Crippen LogP contribution is 2.24. The molecule has 1 N–H and O–H groups in total. The largest absolute Gasteiger partial charge is 0.345 e. The number of hydrogen-bond donors (Lipinski definition) is 1. The van der Waals surface area contributed by atoms with Crippen LogP contribution < -0.4 is 5.32 Å². The Kier molecular flexibility index (Phi) is 4.50. The smallest absolute Gasteiger partial charge is 0.285 e. The molecule has 0 spiro atoms. The van der Waals surface area contributed by atoms with Gasteiger partial charge in [-0.15, -0.1) is 0 Å². The number of nitrogens with one attached hydrogen (secondary N) is 1. The van der Waals surface area contributed by atoms with Gasteiger partial charge in [-0.3, -0.25) is 14.9 Å². The number of para-hydroxylation sites is 1. The molecule has 0 aliphatic heterocycles. The van der Waals surface area contributed by atoms with Crippen molar-refractivity contribution in [3.8, 4) is 0 Å². The Labute approximate surface area is 126 Å². The lowest BCUT2D eigenvalue weighted by atomic mass is 10.1. The fraction of sp³-hybridized carbons (Fsp3) is 0.188. The minimum absolute atomic E-state index is 0.0129. The maximum absolute atomic E-state index is 12.9. The minimum Gasteiger partial charge on any atom is -0.345 e. The standard InChI is InChI=1S/C16H15FN2O3/c1-10-4-3-5-14(15(10)19(21)22)16(20)18-11(2)12-6-8-13(17)9-7-12/h3-9,11H,1-2H3,(H,18,20)/t11-/m0/s1. The number of rotatable bonds is 4. The Balaban J connectivity index is 2.24. The van der Waals surface area contributed by atoms with Crippen LogP contribution in [0.25, 0.3) is 0 Å². The van der Waals surface area contributed by atoms with Gasteiger partial charge in [-0.25, -0.2) is 4.39 Å². The van der Waals surface area contributed by atoms with Gasteiger partial charge in [0, 0.05) is 5.56 Å². The van der Waals surface area contributed by atoms with Crippen LogP contribution in [0.1, 0.15) is 34.5 Å². The van der Waals surface area contributed by atoms with Crippen LogP contribution in [0.15, 0.2) is 42.5 Å². The molecule has 1 atom stereocenters. The van der Waals surface area contributed by atoms with Gasteiger partial charge in [0.2, 0.25) is 0 Å². The van der Waals surface area contributed by atoms with E-state index in [0.717, 1.165) is 0 Å². The zero-order valence-corrected chi connectivity index (χ0v) is 12.2. The molecular weight excluding hydrogens is 287 g/mol. The van der Waals surface area contributed by atoms with Crippen LogP contribution in [0, 0.1) is 22.9 Å². The molecule has 1 amide bonds. The van der Waals surface area contributed by atoms with Crippen molar-refractivity contribution in [1.82, 2.24) is 5.32 Å². The van der Waals surface area contributed by atoms with Crippen molar-refractivity contribution in [3.63, 3.8) is 0 Å². The summed E-state index contributed by atoms with van der Waals surface area (Å²) in [5.41, 5.74) is 0.947. The van der Waals surface area contributed by atoms with E-state index < -0.39 is 16.9 Å². The highest BCUT2D eigenvalue weighted by Gasteiger charge is 2.23. The molecule has 0 saturated heterocycles. The number of nitro benzene ring substituents is 1. The van der Waals surface area contributed by atoms with Crippen LogP contribution in [0.2, 0.25) is 0 Å². The summed E-state index contributed by atoms with van der Waals surface area (Å²) < 4.78 is 12.9. The summed E-state index contributed by atoms with van der Waals surface area (Å²) in [6.07, 6.45) is 0. The number of nitro groups is 1. The van der Waals surface area contributed by atoms with Crippen LogP contribution in [0.4, 0.5) is 10.1 Å². The Morgan fingerprint density at radius 1 is 1.23 bits per heavy atom. The van der Waals surface area contributed by atoms with Gasteiger partial charge in [-0.05, 0) is 37.6 Å². The first-order valence-corrected chi connectivity index (χ1v) is 6.70. The van der Waals surface area contributed by atoms with Crippen LogP contribution in [0.5, 0.6) is 0 Å². The fourth-order valence-electron chi connectivity index (χ4n) is 2.19. The number of carbonyl (C=O) groups excluding carboxylic acids is 1. The van der Waals surface area contributed by atoms with Crippen molar-refractivity contribution in [2.45, 2.75) is 19.9 Å². The molecule has 0 fully saturated rings. The third kappa shape index (κ3) is 3.28. The molecule has 0 radical (unpaired) electrons. The van der Waals surface area contributed by atoms with E-state index in [1.807, 2.05) is 0 Å². The second-order valence-corrected chi connectivity index (χ2v) is 4.97. The third-order valence-corrected chi connectivity index (χ3v) is 3.38.